The fourth-order valence-corrected chi connectivity index (χ4v) is 8.14. The fourth-order valence-electron chi connectivity index (χ4n) is 8.14. The van der Waals surface area contributed by atoms with Gasteiger partial charge in [-0.25, -0.2) is 9.18 Å². The third kappa shape index (κ3) is 13.8. The van der Waals surface area contributed by atoms with Gasteiger partial charge in [0, 0.05) is 46.6 Å². The number of amides is 3. The molecule has 0 aliphatic carbocycles. The number of methoxy groups -OCH3 is 2. The second-order valence-electron chi connectivity index (χ2n) is 17.5. The number of nitrogens with one attached hydrogen (secondary N) is 2. The van der Waals surface area contributed by atoms with Crippen LogP contribution in [0.15, 0.2) is 24.3 Å². The van der Waals surface area contributed by atoms with Gasteiger partial charge in [-0.1, -0.05) is 73.1 Å². The van der Waals surface area contributed by atoms with Gasteiger partial charge < -0.3 is 34.6 Å². The van der Waals surface area contributed by atoms with Gasteiger partial charge in [0.1, 0.15) is 17.5 Å². The van der Waals surface area contributed by atoms with Gasteiger partial charge in [0.25, 0.3) is 0 Å². The molecule has 12 nitrogen and oxygen atoms in total. The lowest BCUT2D eigenvalue weighted by Crippen LogP contribution is -2.55. The van der Waals surface area contributed by atoms with Crippen LogP contribution in [0.25, 0.3) is 0 Å². The highest BCUT2D eigenvalue weighted by molar-refractivity contribution is 5.90. The number of hydrogen-bond donors (Lipinski definition) is 2. The molecule has 1 fully saturated rings. The van der Waals surface area contributed by atoms with Crippen molar-refractivity contribution in [1.29, 1.82) is 0 Å². The molecule has 57 heavy (non-hydrogen) atoms. The number of Topliss-reactive ketones (excluding diaryl/α,β-unsaturated/α-hetero) is 1. The lowest BCUT2D eigenvalue weighted by molar-refractivity contribution is -0.159. The predicted octanol–water partition coefficient (Wildman–Crippen LogP) is 5.59. The van der Waals surface area contributed by atoms with Crippen LogP contribution < -0.4 is 10.6 Å². The molecule has 0 radical (unpaired) electrons. The maximum atomic E-state index is 14.7. The summed E-state index contributed by atoms with van der Waals surface area (Å²) in [6, 6.07) is 3.64. The van der Waals surface area contributed by atoms with Gasteiger partial charge in [-0.05, 0) is 70.0 Å². The second-order valence-corrected chi connectivity index (χ2v) is 17.5. The zero-order valence-corrected chi connectivity index (χ0v) is 37.1. The summed E-state index contributed by atoms with van der Waals surface area (Å²) < 4.78 is 32.2. The van der Waals surface area contributed by atoms with Gasteiger partial charge in [-0.15, -0.1) is 0 Å². The molecule has 0 bridgehead atoms. The van der Waals surface area contributed by atoms with E-state index in [-0.39, 0.29) is 66.2 Å². The standard InChI is InChI=1S/C44H73FN4O8/c1-15-28(6)39(48(12)42(53)31(26(2)3)24-35(50)38(46-11)27(4)5)36(55-13)25-37(51)49-22-18-21-34(49)40(56-14)29(7)41(52)47-33(43(54)57-44(8,9)10)23-30-19-16-17-20-32(30)45/h16-17,19-20,26-29,31,33-34,36,38-40,46H,15,18,21-25H2,1-14H3,(H,47,52)/t28-,29+,31-,33-,34-,36+,38-,39-,40+/m0/s1. The molecular weight excluding hydrogens is 732 g/mol. The molecule has 1 aromatic carbocycles. The second kappa shape index (κ2) is 22.7. The number of ether oxygens (including phenoxy) is 3. The van der Waals surface area contributed by atoms with Gasteiger partial charge in [0.2, 0.25) is 17.7 Å². The molecule has 1 aliphatic rings. The molecule has 1 saturated heterocycles. The zero-order valence-electron chi connectivity index (χ0n) is 37.1. The van der Waals surface area contributed by atoms with Crippen LogP contribution in [0.1, 0.15) is 107 Å². The number of ketones is 1. The molecule has 2 rings (SSSR count). The summed E-state index contributed by atoms with van der Waals surface area (Å²) in [6.45, 7) is 19.2. The Labute approximate surface area is 341 Å². The van der Waals surface area contributed by atoms with Gasteiger partial charge in [-0.3, -0.25) is 19.2 Å². The van der Waals surface area contributed by atoms with Gasteiger partial charge in [0.05, 0.1) is 42.7 Å². The predicted molar refractivity (Wildman–Crippen MR) is 220 cm³/mol. The van der Waals surface area contributed by atoms with E-state index in [0.29, 0.717) is 19.4 Å². The van der Waals surface area contributed by atoms with E-state index in [0.717, 1.165) is 6.42 Å². The summed E-state index contributed by atoms with van der Waals surface area (Å²) in [5.74, 6) is -3.44. The SMILES string of the molecule is CC[C@H](C)[C@@H]([C@@H](CC(=O)N1CCC[C@H]1[C@H](OC)[C@@H](C)C(=O)N[C@@H](Cc1ccccc1F)C(=O)OC(C)(C)C)OC)N(C)C(=O)[C@@H](CC(=O)[C@@H](NC)C(C)C)C(C)C. The molecule has 324 valence electrons. The first-order valence-corrected chi connectivity index (χ1v) is 20.7. The Bertz CT molecular complexity index is 1480. The first kappa shape index (κ1) is 49.7. The lowest BCUT2D eigenvalue weighted by Gasteiger charge is -2.41. The first-order chi connectivity index (χ1) is 26.6. The van der Waals surface area contributed by atoms with Crippen LogP contribution in [0.4, 0.5) is 4.39 Å². The Morgan fingerprint density at radius 2 is 1.60 bits per heavy atom. The summed E-state index contributed by atoms with van der Waals surface area (Å²) in [6.07, 6.45) is 0.612. The zero-order chi connectivity index (χ0) is 43.4. The van der Waals surface area contributed by atoms with Crippen molar-refractivity contribution >= 4 is 29.5 Å². The van der Waals surface area contributed by atoms with E-state index in [2.05, 4.69) is 10.6 Å². The Hall–Kier alpha value is -3.42. The Morgan fingerprint density at radius 3 is 2.11 bits per heavy atom. The molecule has 0 saturated carbocycles. The Morgan fingerprint density at radius 1 is 0.965 bits per heavy atom. The fraction of sp³-hybridized carbons (Fsp3) is 0.750. The van der Waals surface area contributed by atoms with Crippen molar-refractivity contribution in [2.75, 3.05) is 34.9 Å². The number of likely N-dealkylation sites (N-methyl/N-ethyl adjacent to an activating group) is 2. The highest BCUT2D eigenvalue weighted by Gasteiger charge is 2.43. The molecule has 9 atom stereocenters. The normalized spacial score (nSPS) is 19.0. The highest BCUT2D eigenvalue weighted by atomic mass is 19.1. The molecule has 0 aromatic heterocycles. The van der Waals surface area contributed by atoms with Gasteiger partial charge in [0.15, 0.2) is 5.78 Å². The largest absolute Gasteiger partial charge is 0.458 e. The number of halogens is 1. The van der Waals surface area contributed by atoms with Crippen molar-refractivity contribution in [3.8, 4) is 0 Å². The Kier molecular flexibility index (Phi) is 19.8. The minimum absolute atomic E-state index is 0.00681. The van der Waals surface area contributed by atoms with Crippen LogP contribution in [0.3, 0.4) is 0 Å². The average Bonchev–Trinajstić information content (AvgIpc) is 3.62. The summed E-state index contributed by atoms with van der Waals surface area (Å²) in [5, 5.41) is 5.89. The quantitative estimate of drug-likeness (QED) is 0.144. The average molecular weight is 805 g/mol. The van der Waals surface area contributed by atoms with Crippen LogP contribution in [-0.2, 0) is 44.6 Å². The molecular formula is C44H73FN4O8. The topological polar surface area (TPSA) is 144 Å². The molecule has 0 spiro atoms. The summed E-state index contributed by atoms with van der Waals surface area (Å²) >= 11 is 0. The monoisotopic (exact) mass is 805 g/mol. The highest BCUT2D eigenvalue weighted by Crippen LogP contribution is 2.31. The third-order valence-electron chi connectivity index (χ3n) is 11.5. The van der Waals surface area contributed by atoms with Gasteiger partial charge >= 0.3 is 5.97 Å². The molecule has 2 N–H and O–H groups in total. The van der Waals surface area contributed by atoms with E-state index in [1.54, 1.807) is 76.9 Å². The number of hydrogen-bond acceptors (Lipinski definition) is 9. The first-order valence-electron chi connectivity index (χ1n) is 20.7. The number of carbonyl (C=O) groups is 5. The van der Waals surface area contributed by atoms with Crippen molar-refractivity contribution in [2.45, 2.75) is 150 Å². The minimum atomic E-state index is -1.16. The van der Waals surface area contributed by atoms with E-state index < -0.39 is 65.5 Å². The molecule has 3 amide bonds. The number of nitrogens with zero attached hydrogens (tertiary/aromatic N) is 2. The number of likely N-dealkylation sites (tertiary alicyclic amines) is 1. The number of rotatable bonds is 22. The van der Waals surface area contributed by atoms with Crippen LogP contribution in [0, 0.1) is 35.4 Å². The Balaban J connectivity index is 2.32. The van der Waals surface area contributed by atoms with Crippen molar-refractivity contribution in [2.24, 2.45) is 29.6 Å². The maximum absolute atomic E-state index is 14.7. The van der Waals surface area contributed by atoms with Crippen LogP contribution in [0.5, 0.6) is 0 Å². The van der Waals surface area contributed by atoms with E-state index in [4.69, 9.17) is 14.2 Å². The molecule has 1 aliphatic heterocycles. The summed E-state index contributed by atoms with van der Waals surface area (Å²) in [5.41, 5.74) is -0.579. The molecule has 0 unspecified atom stereocenters. The maximum Gasteiger partial charge on any atom is 0.329 e. The lowest BCUT2D eigenvalue weighted by atomic mass is 9.84. The van der Waals surface area contributed by atoms with Crippen molar-refractivity contribution in [1.82, 2.24) is 20.4 Å². The summed E-state index contributed by atoms with van der Waals surface area (Å²) in [7, 11) is 6.54. The summed E-state index contributed by atoms with van der Waals surface area (Å²) in [4.78, 5) is 72.5. The van der Waals surface area contributed by atoms with Crippen molar-refractivity contribution in [3.63, 3.8) is 0 Å². The van der Waals surface area contributed by atoms with E-state index in [1.165, 1.54) is 13.2 Å². The molecule has 13 heteroatoms. The van der Waals surface area contributed by atoms with Crippen LogP contribution in [-0.4, -0.2) is 116 Å². The van der Waals surface area contributed by atoms with Crippen LogP contribution >= 0.6 is 0 Å². The third-order valence-corrected chi connectivity index (χ3v) is 11.5. The molecule has 1 aromatic rings. The number of benzene rings is 1. The number of esters is 1. The van der Waals surface area contributed by atoms with E-state index in [1.807, 2.05) is 41.5 Å². The van der Waals surface area contributed by atoms with Crippen molar-refractivity contribution in [3.05, 3.63) is 35.6 Å². The van der Waals surface area contributed by atoms with Crippen LogP contribution in [0.2, 0.25) is 0 Å². The molecule has 1 heterocycles. The minimum Gasteiger partial charge on any atom is -0.458 e. The smallest absolute Gasteiger partial charge is 0.329 e. The van der Waals surface area contributed by atoms with Gasteiger partial charge in [-0.2, -0.15) is 0 Å². The van der Waals surface area contributed by atoms with Crippen molar-refractivity contribution < 1.29 is 42.6 Å². The number of carbonyl (C=O) groups excluding carboxylic acids is 5. The van der Waals surface area contributed by atoms with E-state index >= 15 is 0 Å². The van der Waals surface area contributed by atoms with E-state index in [9.17, 15) is 28.4 Å².